The second-order valence-electron chi connectivity index (χ2n) is 14.5. The van der Waals surface area contributed by atoms with Crippen molar-refractivity contribution in [1.29, 1.82) is 0 Å². The third kappa shape index (κ3) is 3.66. The molecule has 0 saturated heterocycles. The average Bonchev–Trinajstić information content (AvgIpc) is 3.97. The van der Waals surface area contributed by atoms with E-state index in [1.807, 2.05) is 24.3 Å². The number of para-hydroxylation sites is 3. The van der Waals surface area contributed by atoms with Crippen LogP contribution >= 0.6 is 0 Å². The fourth-order valence-corrected chi connectivity index (χ4v) is 9.34. The van der Waals surface area contributed by atoms with E-state index >= 15 is 0 Å². The molecule has 0 saturated carbocycles. The summed E-state index contributed by atoms with van der Waals surface area (Å²) in [7, 11) is 0. The molecule has 250 valence electrons. The number of rotatable bonds is 3. The van der Waals surface area contributed by atoms with Gasteiger partial charge < -0.3 is 18.0 Å². The van der Waals surface area contributed by atoms with Crippen LogP contribution in [-0.4, -0.2) is 9.13 Å². The molecule has 13 rings (SSSR count). The Hall–Kier alpha value is -7.30. The third-order valence-corrected chi connectivity index (χ3v) is 11.7. The van der Waals surface area contributed by atoms with E-state index in [4.69, 9.17) is 8.83 Å². The predicted molar refractivity (Wildman–Crippen MR) is 224 cm³/mol. The number of fused-ring (bicyclic) bond motifs is 9. The topological polar surface area (TPSA) is 36.1 Å². The Balaban J connectivity index is 1.03. The molecular weight excluding hydrogens is 661 g/mol. The maximum absolute atomic E-state index is 6.20. The van der Waals surface area contributed by atoms with Gasteiger partial charge in [-0.3, -0.25) is 0 Å². The van der Waals surface area contributed by atoms with Crippen LogP contribution in [0.5, 0.6) is 0 Å². The van der Waals surface area contributed by atoms with Gasteiger partial charge in [-0.2, -0.15) is 0 Å². The molecule has 0 fully saturated rings. The quantitative estimate of drug-likeness (QED) is 0.173. The molecular formula is C50H28N2O2. The van der Waals surface area contributed by atoms with Gasteiger partial charge in [-0.15, -0.1) is 0 Å². The highest BCUT2D eigenvalue weighted by Crippen LogP contribution is 2.44. The molecule has 0 atom stereocenters. The molecule has 4 nitrogen and oxygen atoms in total. The Kier molecular flexibility index (Phi) is 5.34. The minimum Gasteiger partial charge on any atom is -0.456 e. The fraction of sp³-hybridized carbons (Fsp3) is 0. The zero-order valence-electron chi connectivity index (χ0n) is 28.9. The summed E-state index contributed by atoms with van der Waals surface area (Å²) in [5, 5.41) is 12.1. The van der Waals surface area contributed by atoms with Crippen molar-refractivity contribution in [3.63, 3.8) is 0 Å². The molecule has 0 aliphatic carbocycles. The minimum atomic E-state index is 0.903. The van der Waals surface area contributed by atoms with Crippen LogP contribution in [0.4, 0.5) is 0 Å². The summed E-state index contributed by atoms with van der Waals surface area (Å²) in [6.07, 6.45) is 0. The average molecular weight is 689 g/mol. The maximum Gasteiger partial charge on any atom is 0.135 e. The van der Waals surface area contributed by atoms with E-state index in [9.17, 15) is 0 Å². The molecule has 4 heterocycles. The standard InChI is InChI=1S/C50H28N2O2/c1-4-12-41-34(9-1)38-26-30(17-22-42(38)51(41)31-18-24-47-39(27-31)35-10-2-5-14-45(35)53-47)33-21-23-44-50-37(33)20-16-29-8-7-13-43(49(29)50)52(44)32-19-25-48-40(28-32)36-11-3-6-15-46(36)54-48/h1-28H. The van der Waals surface area contributed by atoms with Crippen molar-refractivity contribution in [1.82, 2.24) is 9.13 Å². The summed E-state index contributed by atoms with van der Waals surface area (Å²) in [6, 6.07) is 61.3. The number of furan rings is 2. The van der Waals surface area contributed by atoms with Crippen molar-refractivity contribution in [2.45, 2.75) is 0 Å². The fourth-order valence-electron chi connectivity index (χ4n) is 9.34. The van der Waals surface area contributed by atoms with E-state index in [0.29, 0.717) is 0 Å². The Labute approximate surface area is 307 Å². The summed E-state index contributed by atoms with van der Waals surface area (Å²) in [5.74, 6) is 0. The van der Waals surface area contributed by atoms with Gasteiger partial charge in [0, 0.05) is 54.5 Å². The lowest BCUT2D eigenvalue weighted by molar-refractivity contribution is 0.668. The lowest BCUT2D eigenvalue weighted by Crippen LogP contribution is -1.94. The van der Waals surface area contributed by atoms with Gasteiger partial charge in [-0.1, -0.05) is 91.0 Å². The second-order valence-corrected chi connectivity index (χ2v) is 14.5. The molecule has 4 aromatic heterocycles. The van der Waals surface area contributed by atoms with Crippen LogP contribution in [0.3, 0.4) is 0 Å². The van der Waals surface area contributed by atoms with Crippen molar-refractivity contribution in [2.24, 2.45) is 0 Å². The highest BCUT2D eigenvalue weighted by Gasteiger charge is 2.21. The first-order chi connectivity index (χ1) is 26.8. The van der Waals surface area contributed by atoms with Crippen LogP contribution in [0.2, 0.25) is 0 Å². The zero-order chi connectivity index (χ0) is 35.1. The second kappa shape index (κ2) is 10.2. The molecule has 0 spiro atoms. The van der Waals surface area contributed by atoms with Crippen molar-refractivity contribution in [2.75, 3.05) is 0 Å². The Morgan fingerprint density at radius 3 is 1.63 bits per heavy atom. The van der Waals surface area contributed by atoms with E-state index in [1.165, 1.54) is 65.5 Å². The van der Waals surface area contributed by atoms with Crippen LogP contribution in [0.1, 0.15) is 0 Å². The Morgan fingerprint density at radius 1 is 0.315 bits per heavy atom. The van der Waals surface area contributed by atoms with Crippen molar-refractivity contribution in [3.8, 4) is 22.5 Å². The van der Waals surface area contributed by atoms with Crippen LogP contribution in [0.15, 0.2) is 179 Å². The van der Waals surface area contributed by atoms with Gasteiger partial charge in [0.25, 0.3) is 0 Å². The first-order valence-corrected chi connectivity index (χ1v) is 18.4. The molecule has 0 unspecified atom stereocenters. The van der Waals surface area contributed by atoms with Crippen LogP contribution in [0.25, 0.3) is 121 Å². The molecule has 4 heteroatoms. The van der Waals surface area contributed by atoms with Crippen molar-refractivity contribution < 1.29 is 8.83 Å². The van der Waals surface area contributed by atoms with Crippen LogP contribution in [-0.2, 0) is 0 Å². The Morgan fingerprint density at radius 2 is 0.889 bits per heavy atom. The highest BCUT2D eigenvalue weighted by atomic mass is 16.3. The summed E-state index contributed by atoms with van der Waals surface area (Å²) in [6.45, 7) is 0. The first-order valence-electron chi connectivity index (χ1n) is 18.4. The molecule has 0 radical (unpaired) electrons. The number of hydrogen-bond donors (Lipinski definition) is 0. The minimum absolute atomic E-state index is 0.903. The predicted octanol–water partition coefficient (Wildman–Crippen LogP) is 13.9. The molecule has 0 amide bonds. The summed E-state index contributed by atoms with van der Waals surface area (Å²) >= 11 is 0. The highest BCUT2D eigenvalue weighted by molar-refractivity contribution is 6.27. The van der Waals surface area contributed by atoms with Gasteiger partial charge in [0.05, 0.1) is 22.1 Å². The van der Waals surface area contributed by atoms with E-state index in [-0.39, 0.29) is 0 Å². The van der Waals surface area contributed by atoms with Gasteiger partial charge in [0.1, 0.15) is 22.3 Å². The van der Waals surface area contributed by atoms with Crippen LogP contribution < -0.4 is 0 Å². The van der Waals surface area contributed by atoms with Crippen molar-refractivity contribution in [3.05, 3.63) is 170 Å². The van der Waals surface area contributed by atoms with E-state index in [1.54, 1.807) is 0 Å². The summed E-state index contributed by atoms with van der Waals surface area (Å²) < 4.78 is 17.2. The summed E-state index contributed by atoms with van der Waals surface area (Å²) in [4.78, 5) is 0. The SMILES string of the molecule is c1ccc2c(c1)oc1ccc(-n3c4ccccc4c4cc(-c5ccc6c7c5ccc5cccc(c57)n6-c5ccc6oc7ccccc7c6c5)ccc43)cc12. The maximum atomic E-state index is 6.20. The monoisotopic (exact) mass is 688 g/mol. The first kappa shape index (κ1) is 28.3. The number of benzene rings is 9. The van der Waals surface area contributed by atoms with Crippen LogP contribution in [0, 0.1) is 0 Å². The molecule has 0 N–H and O–H groups in total. The molecule has 0 bridgehead atoms. The largest absolute Gasteiger partial charge is 0.456 e. The van der Waals surface area contributed by atoms with Gasteiger partial charge >= 0.3 is 0 Å². The third-order valence-electron chi connectivity index (χ3n) is 11.7. The number of aromatic nitrogens is 2. The van der Waals surface area contributed by atoms with E-state index in [2.05, 4.69) is 155 Å². The van der Waals surface area contributed by atoms with E-state index in [0.717, 1.165) is 55.3 Å². The molecule has 54 heavy (non-hydrogen) atoms. The van der Waals surface area contributed by atoms with Gasteiger partial charge in [-0.05, 0) is 101 Å². The summed E-state index contributed by atoms with van der Waals surface area (Å²) in [5.41, 5.74) is 13.1. The smallest absolute Gasteiger partial charge is 0.135 e. The van der Waals surface area contributed by atoms with Gasteiger partial charge in [-0.25, -0.2) is 0 Å². The van der Waals surface area contributed by atoms with Gasteiger partial charge in [0.15, 0.2) is 0 Å². The molecule has 9 aromatic carbocycles. The lowest BCUT2D eigenvalue weighted by Gasteiger charge is -2.11. The molecule has 0 aliphatic rings. The zero-order valence-corrected chi connectivity index (χ0v) is 28.9. The molecule has 13 aromatic rings. The van der Waals surface area contributed by atoms with E-state index < -0.39 is 0 Å². The normalized spacial score (nSPS) is 12.4. The lowest BCUT2D eigenvalue weighted by atomic mass is 9.94. The number of nitrogens with zero attached hydrogens (tertiary/aromatic N) is 2. The number of hydrogen-bond acceptors (Lipinski definition) is 2. The van der Waals surface area contributed by atoms with Crippen molar-refractivity contribution >= 4 is 98.3 Å². The van der Waals surface area contributed by atoms with Gasteiger partial charge in [0.2, 0.25) is 0 Å². The molecule has 0 aliphatic heterocycles. The Bertz CT molecular complexity index is 3680.